The molecule has 0 saturated carbocycles. The average molecular weight is 352 g/mol. The summed E-state index contributed by atoms with van der Waals surface area (Å²) in [4.78, 5) is 0.0449. The fourth-order valence-corrected chi connectivity index (χ4v) is 3.59. The minimum absolute atomic E-state index is 0.0158. The summed E-state index contributed by atoms with van der Waals surface area (Å²) in [6.45, 7) is 3.41. The first kappa shape index (κ1) is 16.4. The first-order valence-electron chi connectivity index (χ1n) is 5.78. The zero-order valence-corrected chi connectivity index (χ0v) is 13.5. The molecule has 7 heteroatoms. The summed E-state index contributed by atoms with van der Waals surface area (Å²) in [6, 6.07) is 4.20. The highest BCUT2D eigenvalue weighted by Crippen LogP contribution is 2.27. The quantitative estimate of drug-likeness (QED) is 0.818. The Morgan fingerprint density at radius 3 is 2.53 bits per heavy atom. The third kappa shape index (κ3) is 4.17. The highest BCUT2D eigenvalue weighted by molar-refractivity contribution is 9.10. The summed E-state index contributed by atoms with van der Waals surface area (Å²) in [5.74, 6) is 0.245. The lowest BCUT2D eigenvalue weighted by molar-refractivity contribution is 0.227. The van der Waals surface area contributed by atoms with Crippen LogP contribution < -0.4 is 9.46 Å². The smallest absolute Gasteiger partial charge is 0.244 e. The number of ether oxygens (including phenoxy) is 1. The molecule has 1 aromatic carbocycles. The molecule has 0 aliphatic heterocycles. The van der Waals surface area contributed by atoms with Crippen LogP contribution >= 0.6 is 15.9 Å². The molecule has 1 unspecified atom stereocenters. The zero-order chi connectivity index (χ0) is 14.6. The Hall–Kier alpha value is -0.630. The Labute approximate surface area is 122 Å². The molecule has 108 valence electrons. The second kappa shape index (κ2) is 6.69. The number of halogens is 1. The maximum atomic E-state index is 12.3. The highest BCUT2D eigenvalue weighted by atomic mass is 79.9. The maximum absolute atomic E-state index is 12.3. The SMILES string of the molecule is COc1ccc(Br)cc1S(=O)(=O)NC(CO)C(C)C. The highest BCUT2D eigenvalue weighted by Gasteiger charge is 2.25. The van der Waals surface area contributed by atoms with E-state index in [0.717, 1.165) is 0 Å². The number of nitrogens with one attached hydrogen (secondary N) is 1. The third-order valence-electron chi connectivity index (χ3n) is 2.72. The topological polar surface area (TPSA) is 75.6 Å². The maximum Gasteiger partial charge on any atom is 0.244 e. The van der Waals surface area contributed by atoms with Crippen LogP contribution in [0, 0.1) is 5.92 Å². The average Bonchev–Trinajstić information content (AvgIpc) is 2.35. The van der Waals surface area contributed by atoms with Gasteiger partial charge >= 0.3 is 0 Å². The monoisotopic (exact) mass is 351 g/mol. The normalized spacial score (nSPS) is 13.6. The fourth-order valence-electron chi connectivity index (χ4n) is 1.51. The van der Waals surface area contributed by atoms with Gasteiger partial charge < -0.3 is 9.84 Å². The molecule has 5 nitrogen and oxygen atoms in total. The lowest BCUT2D eigenvalue weighted by atomic mass is 10.1. The summed E-state index contributed by atoms with van der Waals surface area (Å²) >= 11 is 3.23. The van der Waals surface area contributed by atoms with Crippen molar-refractivity contribution in [3.05, 3.63) is 22.7 Å². The van der Waals surface area contributed by atoms with Gasteiger partial charge in [0.15, 0.2) is 0 Å². The first-order valence-corrected chi connectivity index (χ1v) is 8.06. The number of benzene rings is 1. The predicted molar refractivity (Wildman–Crippen MR) is 76.7 cm³/mol. The molecule has 0 fully saturated rings. The van der Waals surface area contributed by atoms with Gasteiger partial charge in [0.25, 0.3) is 0 Å². The molecule has 0 heterocycles. The molecular formula is C12H18BrNO4S. The van der Waals surface area contributed by atoms with Gasteiger partial charge in [-0.3, -0.25) is 0 Å². The third-order valence-corrected chi connectivity index (χ3v) is 4.73. The Morgan fingerprint density at radius 2 is 2.05 bits per heavy atom. The van der Waals surface area contributed by atoms with Crippen LogP contribution in [-0.2, 0) is 10.0 Å². The standard InChI is InChI=1S/C12H18BrNO4S/c1-8(2)10(7-15)14-19(16,17)12-6-9(13)4-5-11(12)18-3/h4-6,8,10,14-15H,7H2,1-3H3. The van der Waals surface area contributed by atoms with Gasteiger partial charge in [-0.15, -0.1) is 0 Å². The molecule has 0 radical (unpaired) electrons. The summed E-state index contributed by atoms with van der Waals surface area (Å²) in [7, 11) is -2.34. The second-order valence-electron chi connectivity index (χ2n) is 4.45. The lowest BCUT2D eigenvalue weighted by Crippen LogP contribution is -2.41. The zero-order valence-electron chi connectivity index (χ0n) is 11.1. The van der Waals surface area contributed by atoms with Gasteiger partial charge in [-0.1, -0.05) is 29.8 Å². The van der Waals surface area contributed by atoms with Gasteiger partial charge in [0.2, 0.25) is 10.0 Å². The summed E-state index contributed by atoms with van der Waals surface area (Å²) < 4.78 is 32.8. The summed E-state index contributed by atoms with van der Waals surface area (Å²) in [6.07, 6.45) is 0. The van der Waals surface area contributed by atoms with Gasteiger partial charge in [0.05, 0.1) is 13.7 Å². The number of hydrogen-bond acceptors (Lipinski definition) is 4. The summed E-state index contributed by atoms with van der Waals surface area (Å²) in [5, 5.41) is 9.22. The number of aliphatic hydroxyl groups is 1. The Bertz CT molecular complexity index is 531. The number of rotatable bonds is 6. The van der Waals surface area contributed by atoms with E-state index in [1.807, 2.05) is 13.8 Å². The van der Waals surface area contributed by atoms with E-state index in [2.05, 4.69) is 20.7 Å². The van der Waals surface area contributed by atoms with E-state index in [4.69, 9.17) is 4.74 Å². The molecular weight excluding hydrogens is 334 g/mol. The fraction of sp³-hybridized carbons (Fsp3) is 0.500. The molecule has 2 N–H and O–H groups in total. The van der Waals surface area contributed by atoms with E-state index in [-0.39, 0.29) is 23.2 Å². The summed E-state index contributed by atoms with van der Waals surface area (Å²) in [5.41, 5.74) is 0. The van der Waals surface area contributed by atoms with E-state index in [1.165, 1.54) is 13.2 Å². The molecule has 0 aliphatic carbocycles. The van der Waals surface area contributed by atoms with Gasteiger partial charge in [-0.2, -0.15) is 0 Å². The minimum Gasteiger partial charge on any atom is -0.495 e. The van der Waals surface area contributed by atoms with Crippen molar-refractivity contribution in [3.8, 4) is 5.75 Å². The van der Waals surface area contributed by atoms with E-state index < -0.39 is 16.1 Å². The predicted octanol–water partition coefficient (Wildman–Crippen LogP) is 1.75. The molecule has 0 saturated heterocycles. The van der Waals surface area contributed by atoms with E-state index in [0.29, 0.717) is 4.47 Å². The number of sulfonamides is 1. The van der Waals surface area contributed by atoms with E-state index >= 15 is 0 Å². The number of hydrogen-bond donors (Lipinski definition) is 2. The van der Waals surface area contributed by atoms with Crippen LogP contribution in [-0.4, -0.2) is 33.3 Å². The van der Waals surface area contributed by atoms with Crippen molar-refractivity contribution >= 4 is 26.0 Å². The van der Waals surface area contributed by atoms with Crippen molar-refractivity contribution in [2.24, 2.45) is 5.92 Å². The largest absolute Gasteiger partial charge is 0.495 e. The molecule has 19 heavy (non-hydrogen) atoms. The van der Waals surface area contributed by atoms with Crippen LogP contribution in [0.15, 0.2) is 27.6 Å². The van der Waals surface area contributed by atoms with Crippen molar-refractivity contribution in [3.63, 3.8) is 0 Å². The van der Waals surface area contributed by atoms with Crippen LogP contribution in [0.2, 0.25) is 0 Å². The van der Waals surface area contributed by atoms with Crippen LogP contribution in [0.4, 0.5) is 0 Å². The molecule has 0 aliphatic rings. The molecule has 0 bridgehead atoms. The Kier molecular flexibility index (Phi) is 5.79. The van der Waals surface area contributed by atoms with Crippen molar-refractivity contribution in [1.82, 2.24) is 4.72 Å². The van der Waals surface area contributed by atoms with Crippen LogP contribution in [0.1, 0.15) is 13.8 Å². The first-order chi connectivity index (χ1) is 8.81. The molecule has 1 aromatic rings. The van der Waals surface area contributed by atoms with Crippen molar-refractivity contribution < 1.29 is 18.3 Å². The Balaban J connectivity index is 3.16. The van der Waals surface area contributed by atoms with Crippen LogP contribution in [0.3, 0.4) is 0 Å². The van der Waals surface area contributed by atoms with E-state index in [9.17, 15) is 13.5 Å². The van der Waals surface area contributed by atoms with Gasteiger partial charge in [-0.05, 0) is 24.1 Å². The second-order valence-corrected chi connectivity index (χ2v) is 7.05. The molecule has 1 rings (SSSR count). The molecule has 1 atom stereocenters. The Morgan fingerprint density at radius 1 is 1.42 bits per heavy atom. The van der Waals surface area contributed by atoms with Crippen LogP contribution in [0.5, 0.6) is 5.75 Å². The van der Waals surface area contributed by atoms with Gasteiger partial charge in [-0.25, -0.2) is 13.1 Å². The molecule has 0 spiro atoms. The van der Waals surface area contributed by atoms with Gasteiger partial charge in [0.1, 0.15) is 10.6 Å². The van der Waals surface area contributed by atoms with E-state index in [1.54, 1.807) is 12.1 Å². The van der Waals surface area contributed by atoms with Crippen molar-refractivity contribution in [2.45, 2.75) is 24.8 Å². The van der Waals surface area contributed by atoms with Crippen LogP contribution in [0.25, 0.3) is 0 Å². The van der Waals surface area contributed by atoms with Gasteiger partial charge in [0, 0.05) is 10.5 Å². The number of aliphatic hydroxyl groups excluding tert-OH is 1. The number of methoxy groups -OCH3 is 1. The minimum atomic E-state index is -3.75. The van der Waals surface area contributed by atoms with Crippen molar-refractivity contribution in [1.29, 1.82) is 0 Å². The van der Waals surface area contributed by atoms with Crippen molar-refractivity contribution in [2.75, 3.05) is 13.7 Å². The lowest BCUT2D eigenvalue weighted by Gasteiger charge is -2.20. The molecule has 0 aromatic heterocycles. The molecule has 0 amide bonds.